The van der Waals surface area contributed by atoms with Gasteiger partial charge in [0.1, 0.15) is 18.3 Å². The van der Waals surface area contributed by atoms with Gasteiger partial charge in [-0.2, -0.15) is 0 Å². The van der Waals surface area contributed by atoms with Gasteiger partial charge in [0, 0.05) is 36.6 Å². The number of aryl methyl sites for hydroxylation is 1. The molecule has 1 N–H and O–H groups in total. The highest BCUT2D eigenvalue weighted by Crippen LogP contribution is 2.30. The van der Waals surface area contributed by atoms with Crippen molar-refractivity contribution in [3.8, 4) is 0 Å². The normalized spacial score (nSPS) is 14.0. The Bertz CT molecular complexity index is 1060. The standard InChI is InChI=1S/C21H19N5O2S/c1-14-10-22-13-24-19(14)20(28)25-17-4-2-15(3-5-17)18-11-26(8-6-16(18)12-27)21-23-7-9-29-21/h2-5,7,9-10,12-13H,6,8,11H2,1H3,(H,25,28). The number of amides is 1. The van der Waals surface area contributed by atoms with Gasteiger partial charge in [-0.3, -0.25) is 9.59 Å². The summed E-state index contributed by atoms with van der Waals surface area (Å²) in [6.45, 7) is 3.20. The van der Waals surface area contributed by atoms with Gasteiger partial charge < -0.3 is 10.2 Å². The van der Waals surface area contributed by atoms with Crippen LogP contribution in [0.3, 0.4) is 0 Å². The van der Waals surface area contributed by atoms with Crippen LogP contribution in [0, 0.1) is 6.92 Å². The number of nitrogens with zero attached hydrogens (tertiary/aromatic N) is 4. The Balaban J connectivity index is 1.53. The highest BCUT2D eigenvalue weighted by molar-refractivity contribution is 7.13. The average Bonchev–Trinajstić information content (AvgIpc) is 3.29. The monoisotopic (exact) mass is 405 g/mol. The lowest BCUT2D eigenvalue weighted by atomic mass is 9.95. The highest BCUT2D eigenvalue weighted by atomic mass is 32.1. The molecule has 0 atom stereocenters. The average molecular weight is 405 g/mol. The van der Waals surface area contributed by atoms with E-state index in [2.05, 4.69) is 25.2 Å². The Kier molecular flexibility index (Phi) is 5.44. The molecule has 4 rings (SSSR count). The molecule has 1 amide bonds. The van der Waals surface area contributed by atoms with Gasteiger partial charge in [-0.05, 0) is 47.8 Å². The van der Waals surface area contributed by atoms with Crippen LogP contribution in [0.25, 0.3) is 5.57 Å². The smallest absolute Gasteiger partial charge is 0.274 e. The topological polar surface area (TPSA) is 88.1 Å². The van der Waals surface area contributed by atoms with Crippen LogP contribution in [0.5, 0.6) is 0 Å². The molecule has 1 aromatic carbocycles. The molecule has 3 heterocycles. The molecule has 2 aromatic heterocycles. The second kappa shape index (κ2) is 8.32. The Morgan fingerprint density at radius 3 is 2.76 bits per heavy atom. The number of nitrogens with one attached hydrogen (secondary N) is 1. The zero-order valence-electron chi connectivity index (χ0n) is 15.8. The molecule has 1 aliphatic heterocycles. The molecule has 0 radical (unpaired) electrons. The lowest BCUT2D eigenvalue weighted by Gasteiger charge is -2.29. The molecular formula is C21H19N5O2S. The maximum Gasteiger partial charge on any atom is 0.274 e. The van der Waals surface area contributed by atoms with E-state index in [0.29, 0.717) is 29.9 Å². The fraction of sp³-hybridized carbons (Fsp3) is 0.190. The summed E-state index contributed by atoms with van der Waals surface area (Å²) in [6, 6.07) is 7.52. The molecule has 146 valence electrons. The lowest BCUT2D eigenvalue weighted by Crippen LogP contribution is -2.31. The molecular weight excluding hydrogens is 386 g/mol. The summed E-state index contributed by atoms with van der Waals surface area (Å²) in [5, 5.41) is 5.76. The number of carbonyl (C=O) groups is 2. The number of thiazole rings is 1. The van der Waals surface area contributed by atoms with Crippen LogP contribution in [-0.4, -0.2) is 40.2 Å². The zero-order valence-corrected chi connectivity index (χ0v) is 16.6. The van der Waals surface area contributed by atoms with Gasteiger partial charge in [0.05, 0.1) is 0 Å². The maximum atomic E-state index is 12.4. The molecule has 1 aliphatic rings. The third kappa shape index (κ3) is 4.07. The summed E-state index contributed by atoms with van der Waals surface area (Å²) in [5.74, 6) is -0.280. The minimum absolute atomic E-state index is 0.280. The van der Waals surface area contributed by atoms with E-state index in [1.54, 1.807) is 30.7 Å². The van der Waals surface area contributed by atoms with Gasteiger partial charge in [-0.1, -0.05) is 12.1 Å². The predicted molar refractivity (Wildman–Crippen MR) is 113 cm³/mol. The van der Waals surface area contributed by atoms with Gasteiger partial charge in [0.15, 0.2) is 5.13 Å². The Morgan fingerprint density at radius 2 is 2.07 bits per heavy atom. The SMILES string of the molecule is Cc1cncnc1C(=O)Nc1ccc(C2=C(C=O)CCN(c3nccs3)C2)cc1. The van der Waals surface area contributed by atoms with Gasteiger partial charge in [0.25, 0.3) is 5.91 Å². The van der Waals surface area contributed by atoms with E-state index in [9.17, 15) is 9.59 Å². The number of aldehydes is 1. The molecule has 0 saturated heterocycles. The molecule has 8 heteroatoms. The van der Waals surface area contributed by atoms with Crippen LogP contribution < -0.4 is 10.2 Å². The van der Waals surface area contributed by atoms with E-state index in [1.165, 1.54) is 6.33 Å². The van der Waals surface area contributed by atoms with Crippen LogP contribution in [0.1, 0.15) is 28.0 Å². The maximum absolute atomic E-state index is 12.4. The fourth-order valence-corrected chi connectivity index (χ4v) is 3.97. The van der Waals surface area contributed by atoms with Crippen molar-refractivity contribution >= 4 is 39.9 Å². The molecule has 0 spiro atoms. The van der Waals surface area contributed by atoms with Gasteiger partial charge in [-0.25, -0.2) is 15.0 Å². The summed E-state index contributed by atoms with van der Waals surface area (Å²) >= 11 is 1.59. The van der Waals surface area contributed by atoms with Crippen LogP contribution in [-0.2, 0) is 4.79 Å². The summed E-state index contributed by atoms with van der Waals surface area (Å²) in [6.07, 6.45) is 6.38. The molecule has 0 fully saturated rings. The van der Waals surface area contributed by atoms with Crippen molar-refractivity contribution in [2.24, 2.45) is 0 Å². The van der Waals surface area contributed by atoms with E-state index < -0.39 is 0 Å². The van der Waals surface area contributed by atoms with Crippen molar-refractivity contribution in [1.82, 2.24) is 15.0 Å². The molecule has 29 heavy (non-hydrogen) atoms. The van der Waals surface area contributed by atoms with Crippen LogP contribution in [0.4, 0.5) is 10.8 Å². The van der Waals surface area contributed by atoms with Gasteiger partial charge >= 0.3 is 0 Å². The highest BCUT2D eigenvalue weighted by Gasteiger charge is 2.21. The number of hydrogen-bond donors (Lipinski definition) is 1. The summed E-state index contributed by atoms with van der Waals surface area (Å²) in [5.41, 5.74) is 4.49. The number of anilines is 2. The quantitative estimate of drug-likeness (QED) is 0.655. The number of carbonyl (C=O) groups excluding carboxylic acids is 2. The van der Waals surface area contributed by atoms with Gasteiger partial charge in [-0.15, -0.1) is 11.3 Å². The first-order chi connectivity index (χ1) is 14.2. The Hall–Kier alpha value is -3.39. The second-order valence-electron chi connectivity index (χ2n) is 6.69. The minimum Gasteiger partial charge on any atom is -0.343 e. The minimum atomic E-state index is -0.280. The van der Waals surface area contributed by atoms with E-state index >= 15 is 0 Å². The molecule has 0 bridgehead atoms. The summed E-state index contributed by atoms with van der Waals surface area (Å²) < 4.78 is 0. The number of rotatable bonds is 5. The third-order valence-corrected chi connectivity index (χ3v) is 5.65. The van der Waals surface area contributed by atoms with E-state index in [-0.39, 0.29) is 5.91 Å². The Labute approximate surface area is 172 Å². The van der Waals surface area contributed by atoms with Crippen molar-refractivity contribution in [1.29, 1.82) is 0 Å². The zero-order chi connectivity index (χ0) is 20.2. The Morgan fingerprint density at radius 1 is 1.24 bits per heavy atom. The predicted octanol–water partition coefficient (Wildman–Crippen LogP) is 3.36. The third-order valence-electron chi connectivity index (χ3n) is 4.82. The lowest BCUT2D eigenvalue weighted by molar-refractivity contribution is -0.105. The van der Waals surface area contributed by atoms with Crippen LogP contribution >= 0.6 is 11.3 Å². The first-order valence-corrected chi connectivity index (χ1v) is 10.0. The van der Waals surface area contributed by atoms with Crippen LogP contribution in [0.2, 0.25) is 0 Å². The fourth-order valence-electron chi connectivity index (χ4n) is 3.30. The molecule has 3 aromatic rings. The number of hydrogen-bond acceptors (Lipinski definition) is 7. The molecule has 0 saturated carbocycles. The van der Waals surface area contributed by atoms with Crippen LogP contribution in [0.15, 0.2) is 53.9 Å². The van der Waals surface area contributed by atoms with Crippen molar-refractivity contribution in [2.75, 3.05) is 23.3 Å². The van der Waals surface area contributed by atoms with Crippen molar-refractivity contribution in [3.63, 3.8) is 0 Å². The van der Waals surface area contributed by atoms with Gasteiger partial charge in [0.2, 0.25) is 0 Å². The van der Waals surface area contributed by atoms with E-state index in [0.717, 1.165) is 34.7 Å². The largest absolute Gasteiger partial charge is 0.343 e. The molecule has 7 nitrogen and oxygen atoms in total. The second-order valence-corrected chi connectivity index (χ2v) is 7.57. The van der Waals surface area contributed by atoms with Crippen molar-refractivity contribution in [2.45, 2.75) is 13.3 Å². The first kappa shape index (κ1) is 18.9. The molecule has 0 aliphatic carbocycles. The molecule has 0 unspecified atom stereocenters. The van der Waals surface area contributed by atoms with E-state index in [4.69, 9.17) is 0 Å². The summed E-state index contributed by atoms with van der Waals surface area (Å²) in [7, 11) is 0. The van der Waals surface area contributed by atoms with Crippen molar-refractivity contribution < 1.29 is 9.59 Å². The van der Waals surface area contributed by atoms with Crippen molar-refractivity contribution in [3.05, 3.63) is 70.8 Å². The number of benzene rings is 1. The van der Waals surface area contributed by atoms with E-state index in [1.807, 2.05) is 29.6 Å². The summed E-state index contributed by atoms with van der Waals surface area (Å²) in [4.78, 5) is 38.5. The number of aromatic nitrogens is 3. The first-order valence-electron chi connectivity index (χ1n) is 9.15.